The van der Waals surface area contributed by atoms with Gasteiger partial charge < -0.3 is 5.11 Å². The Hall–Kier alpha value is -6.26. The van der Waals surface area contributed by atoms with Crippen LogP contribution in [-0.4, -0.2) is 19.6 Å². The first-order valence-electron chi connectivity index (χ1n) is 24.5. The van der Waals surface area contributed by atoms with E-state index in [1.165, 1.54) is 6.92 Å². The van der Waals surface area contributed by atoms with Crippen LogP contribution in [0.1, 0.15) is 113 Å². The summed E-state index contributed by atoms with van der Waals surface area (Å²) >= 11 is 0. The SMILES string of the molecule is [2H]C([2H])([2H])C(C)(c1cc(C(C)(C)C)cc(-c2nc3c(-c4cc(-c5cc(-c6ccccc6)ccn5)cc(C(C)(C)C)c4)cccc3n2-c2ccc(C(C)(C)C)cc2-c2ccccc2)c1O)C([2H])([2H])[2H]. The Bertz CT molecular complexity index is 3150. The van der Waals surface area contributed by atoms with Gasteiger partial charge in [0.15, 0.2) is 0 Å². The van der Waals surface area contributed by atoms with Gasteiger partial charge in [-0.2, -0.15) is 0 Å². The van der Waals surface area contributed by atoms with Crippen molar-refractivity contribution >= 4 is 11.0 Å². The van der Waals surface area contributed by atoms with Crippen molar-refractivity contribution < 1.29 is 13.3 Å². The highest BCUT2D eigenvalue weighted by atomic mass is 16.3. The van der Waals surface area contributed by atoms with Crippen LogP contribution in [0.2, 0.25) is 0 Å². The highest BCUT2D eigenvalue weighted by Gasteiger charge is 2.30. The lowest BCUT2D eigenvalue weighted by Crippen LogP contribution is -2.17. The largest absolute Gasteiger partial charge is 0.507 e. The van der Waals surface area contributed by atoms with Crippen LogP contribution in [0.3, 0.4) is 0 Å². The molecule has 0 spiro atoms. The molecule has 0 unspecified atom stereocenters. The van der Waals surface area contributed by atoms with Gasteiger partial charge in [-0.25, -0.2) is 4.98 Å². The third-order valence-electron chi connectivity index (χ3n) is 11.9. The third-order valence-corrected chi connectivity index (χ3v) is 11.9. The van der Waals surface area contributed by atoms with Crippen LogP contribution in [0.5, 0.6) is 5.75 Å². The van der Waals surface area contributed by atoms with E-state index in [1.807, 2.05) is 92.2 Å². The van der Waals surface area contributed by atoms with Crippen molar-refractivity contribution in [2.45, 2.75) is 105 Å². The van der Waals surface area contributed by atoms with E-state index in [-0.39, 0.29) is 22.0 Å². The molecule has 2 heterocycles. The second-order valence-electron chi connectivity index (χ2n) is 19.9. The van der Waals surface area contributed by atoms with Crippen molar-refractivity contribution in [3.8, 4) is 67.5 Å². The van der Waals surface area contributed by atoms with Gasteiger partial charge in [-0.15, -0.1) is 0 Å². The fourth-order valence-electron chi connectivity index (χ4n) is 8.18. The number of nitrogens with zero attached hydrogens (tertiary/aromatic N) is 3. The van der Waals surface area contributed by atoms with Crippen LogP contribution in [-0.2, 0) is 21.7 Å². The molecule has 0 radical (unpaired) electrons. The summed E-state index contributed by atoms with van der Waals surface area (Å²) in [6.07, 6.45) is 1.85. The van der Waals surface area contributed by atoms with Gasteiger partial charge in [-0.3, -0.25) is 9.55 Å². The smallest absolute Gasteiger partial charge is 0.149 e. The molecule has 0 aliphatic carbocycles. The molecule has 0 saturated heterocycles. The number of phenols is 1. The first kappa shape index (κ1) is 35.3. The van der Waals surface area contributed by atoms with Crippen LogP contribution in [0.4, 0.5) is 0 Å². The number of para-hydroxylation sites is 1. The number of aromatic hydroxyl groups is 1. The van der Waals surface area contributed by atoms with Gasteiger partial charge in [0.25, 0.3) is 0 Å². The number of benzene rings is 6. The number of phenolic OH excluding ortho intramolecular Hbond substituents is 1. The van der Waals surface area contributed by atoms with E-state index in [0.29, 0.717) is 16.9 Å². The predicted octanol–water partition coefficient (Wildman–Crippen LogP) is 15.7. The maximum absolute atomic E-state index is 12.7. The number of aromatic nitrogens is 3. The second kappa shape index (κ2) is 15.6. The highest BCUT2D eigenvalue weighted by molar-refractivity contribution is 5.98. The number of hydrogen-bond acceptors (Lipinski definition) is 3. The van der Waals surface area contributed by atoms with E-state index in [1.54, 1.807) is 6.07 Å². The van der Waals surface area contributed by atoms with Crippen molar-refractivity contribution in [2.75, 3.05) is 0 Å². The molecule has 0 fully saturated rings. The average Bonchev–Trinajstić information content (AvgIpc) is 3.67. The zero-order valence-electron chi connectivity index (χ0n) is 43.6. The molecule has 6 aromatic carbocycles. The standard InChI is InChI=1S/C58H61N3O/c1-55(2,3)42-26-27-50(46(34-42)38-22-17-14-18-23-38)61-51-25-19-24-45(52(51)60-54(61)47-35-44(57(7,8)9)36-48(53(47)62)58(10,11)12)40-30-41(32-43(31-40)56(4,5)6)49-33-39(28-29-59-49)37-20-15-13-16-21-37/h13-36,62H,1-12H3/i10D3,11D3. The molecule has 4 nitrogen and oxygen atoms in total. The van der Waals surface area contributed by atoms with Crippen LogP contribution in [0.25, 0.3) is 72.7 Å². The van der Waals surface area contributed by atoms with Crippen LogP contribution in [0, 0.1) is 0 Å². The summed E-state index contributed by atoms with van der Waals surface area (Å²) in [6, 6.07) is 47.0. The van der Waals surface area contributed by atoms with Gasteiger partial charge in [0.1, 0.15) is 11.6 Å². The lowest BCUT2D eigenvalue weighted by atomic mass is 9.79. The molecule has 0 saturated carbocycles. The van der Waals surface area contributed by atoms with Crippen molar-refractivity contribution in [1.82, 2.24) is 14.5 Å². The molecule has 0 atom stereocenters. The summed E-state index contributed by atoms with van der Waals surface area (Å²) in [5.41, 5.74) is 9.16. The van der Waals surface area contributed by atoms with Gasteiger partial charge in [0, 0.05) is 36.7 Å². The Morgan fingerprint density at radius 1 is 0.484 bits per heavy atom. The van der Waals surface area contributed by atoms with Crippen molar-refractivity contribution in [3.05, 3.63) is 168 Å². The summed E-state index contributed by atoms with van der Waals surface area (Å²) in [5.74, 6) is -0.110. The Morgan fingerprint density at radius 2 is 1.10 bits per heavy atom. The van der Waals surface area contributed by atoms with E-state index >= 15 is 0 Å². The van der Waals surface area contributed by atoms with Gasteiger partial charge in [-0.1, -0.05) is 174 Å². The molecular formula is C58H61N3O. The Kier molecular flexibility index (Phi) is 8.88. The van der Waals surface area contributed by atoms with Gasteiger partial charge in [-0.05, 0) is 109 Å². The lowest BCUT2D eigenvalue weighted by molar-refractivity contribution is 0.446. The Morgan fingerprint density at radius 3 is 1.74 bits per heavy atom. The summed E-state index contributed by atoms with van der Waals surface area (Å²) in [6.45, 7) is 14.2. The average molecular weight is 822 g/mol. The van der Waals surface area contributed by atoms with E-state index in [9.17, 15) is 5.11 Å². The Labute approximate surface area is 377 Å². The van der Waals surface area contributed by atoms with E-state index in [0.717, 1.165) is 67.0 Å². The van der Waals surface area contributed by atoms with E-state index in [4.69, 9.17) is 18.2 Å². The zero-order valence-corrected chi connectivity index (χ0v) is 37.6. The van der Waals surface area contributed by atoms with Gasteiger partial charge in [0.2, 0.25) is 0 Å². The van der Waals surface area contributed by atoms with Crippen LogP contribution < -0.4 is 0 Å². The van der Waals surface area contributed by atoms with Crippen LogP contribution in [0.15, 0.2) is 146 Å². The monoisotopic (exact) mass is 822 g/mol. The quantitative estimate of drug-likeness (QED) is 0.182. The van der Waals surface area contributed by atoms with Crippen LogP contribution >= 0.6 is 0 Å². The van der Waals surface area contributed by atoms with E-state index in [2.05, 4.69) is 114 Å². The molecule has 62 heavy (non-hydrogen) atoms. The minimum Gasteiger partial charge on any atom is -0.507 e. The number of fused-ring (bicyclic) bond motifs is 1. The number of pyridine rings is 1. The fraction of sp³-hybridized carbons (Fsp3) is 0.276. The molecule has 0 aliphatic rings. The fourth-order valence-corrected chi connectivity index (χ4v) is 8.18. The number of rotatable bonds is 6. The molecule has 1 N–H and O–H groups in total. The predicted molar refractivity (Wildman–Crippen MR) is 263 cm³/mol. The molecule has 8 rings (SSSR count). The molecule has 0 bridgehead atoms. The van der Waals surface area contributed by atoms with Crippen molar-refractivity contribution in [1.29, 1.82) is 0 Å². The van der Waals surface area contributed by atoms with Crippen molar-refractivity contribution in [3.63, 3.8) is 0 Å². The highest BCUT2D eigenvalue weighted by Crippen LogP contribution is 2.46. The molecule has 0 amide bonds. The van der Waals surface area contributed by atoms with Crippen molar-refractivity contribution in [2.24, 2.45) is 0 Å². The van der Waals surface area contributed by atoms with Gasteiger partial charge >= 0.3 is 0 Å². The maximum atomic E-state index is 12.7. The Balaban J connectivity index is 1.50. The summed E-state index contributed by atoms with van der Waals surface area (Å²) in [4.78, 5) is 10.4. The number of hydrogen-bond donors (Lipinski definition) is 1. The second-order valence-corrected chi connectivity index (χ2v) is 19.9. The summed E-state index contributed by atoms with van der Waals surface area (Å²) in [5, 5.41) is 12.7. The lowest BCUT2D eigenvalue weighted by Gasteiger charge is -2.28. The minimum absolute atomic E-state index is 0.183. The van der Waals surface area contributed by atoms with E-state index < -0.39 is 30.3 Å². The normalized spacial score (nSPS) is 14.4. The van der Waals surface area contributed by atoms with Gasteiger partial charge in [0.05, 0.1) is 28.0 Å². The molecule has 4 heteroatoms. The molecular weight excluding hydrogens is 755 g/mol. The molecule has 314 valence electrons. The molecule has 8 aromatic rings. The first-order chi connectivity index (χ1) is 31.7. The molecule has 2 aromatic heterocycles. The zero-order chi connectivity index (χ0) is 49.4. The minimum atomic E-state index is -3.02. The maximum Gasteiger partial charge on any atom is 0.149 e. The summed E-state index contributed by atoms with van der Waals surface area (Å²) < 4.78 is 54.2. The number of imidazole rings is 1. The summed E-state index contributed by atoms with van der Waals surface area (Å²) in [7, 11) is 0. The third kappa shape index (κ3) is 8.23. The molecule has 0 aliphatic heterocycles. The first-order valence-corrected chi connectivity index (χ1v) is 21.5. The topological polar surface area (TPSA) is 50.9 Å².